The summed E-state index contributed by atoms with van der Waals surface area (Å²) in [6.45, 7) is 3.51. The summed E-state index contributed by atoms with van der Waals surface area (Å²) in [6, 6.07) is 0.734. The lowest BCUT2D eigenvalue weighted by molar-refractivity contribution is -0.879. The van der Waals surface area contributed by atoms with Gasteiger partial charge in [-0.1, -0.05) is 89.2 Å². The third-order valence-electron chi connectivity index (χ3n) is 4.19. The van der Waals surface area contributed by atoms with Gasteiger partial charge >= 0.3 is 0 Å². The van der Waals surface area contributed by atoms with Crippen LogP contribution in [0.25, 0.3) is 0 Å². The Balaban J connectivity index is 0. The molecule has 0 atom stereocenters. The number of quaternary nitrogens is 1. The summed E-state index contributed by atoms with van der Waals surface area (Å²) in [7, 11) is 4.43. The van der Waals surface area contributed by atoms with Crippen LogP contribution in [0.4, 0.5) is 0 Å². The largest absolute Gasteiger partial charge is 1.00 e. The van der Waals surface area contributed by atoms with Crippen LogP contribution < -0.4 is 12.4 Å². The highest BCUT2D eigenvalue weighted by Gasteiger charge is 2.11. The van der Waals surface area contributed by atoms with E-state index in [1.54, 1.807) is 0 Å². The van der Waals surface area contributed by atoms with Gasteiger partial charge in [-0.25, -0.2) is 0 Å². The number of hydrogen-bond acceptors (Lipinski definition) is 0. The van der Waals surface area contributed by atoms with E-state index in [0.29, 0.717) is 0 Å². The number of rotatable bonds is 15. The molecule has 0 unspecified atom stereocenters. The van der Waals surface area contributed by atoms with Gasteiger partial charge in [-0.3, -0.25) is 0 Å². The number of halogens is 2. The minimum Gasteiger partial charge on any atom is -1.00 e. The Kier molecular flexibility index (Phi) is 19.2. The van der Waals surface area contributed by atoms with Crippen LogP contribution in [0, 0.1) is 0 Å². The van der Waals surface area contributed by atoms with Crippen LogP contribution in [0.1, 0.15) is 90.4 Å². The zero-order chi connectivity index (χ0) is 15.1. The molecule has 0 saturated carbocycles. The van der Waals surface area contributed by atoms with Crippen LogP contribution in [-0.4, -0.2) is 31.1 Å². The molecule has 130 valence electrons. The van der Waals surface area contributed by atoms with E-state index in [0.717, 1.165) is 10.5 Å². The van der Waals surface area contributed by atoms with Gasteiger partial charge in [-0.2, -0.15) is 0 Å². The van der Waals surface area contributed by atoms with Crippen molar-refractivity contribution in [1.82, 2.24) is 0 Å². The molecule has 1 nitrogen and oxygen atoms in total. The molecule has 0 aliphatic rings. The molecule has 0 N–H and O–H groups in total. The first-order valence-corrected chi connectivity index (χ1v) is 9.54. The van der Waals surface area contributed by atoms with Gasteiger partial charge < -0.3 is 16.9 Å². The summed E-state index contributed by atoms with van der Waals surface area (Å²) in [5.74, 6) is 0. The van der Waals surface area contributed by atoms with E-state index < -0.39 is 0 Å². The first-order chi connectivity index (χ1) is 9.62. The first-order valence-electron chi connectivity index (χ1n) is 9.00. The third kappa shape index (κ3) is 18.5. The molecule has 0 radical (unpaired) electrons. The molecule has 0 spiro atoms. The summed E-state index contributed by atoms with van der Waals surface area (Å²) >= 11 is 5.92. The maximum absolute atomic E-state index is 5.92. The monoisotopic (exact) mass is 339 g/mol. The average Bonchev–Trinajstić information content (AvgIpc) is 2.44. The number of alkyl halides is 1. The molecular weight excluding hydrogens is 301 g/mol. The van der Waals surface area contributed by atoms with Gasteiger partial charge in [0.2, 0.25) is 0 Å². The van der Waals surface area contributed by atoms with Crippen LogP contribution in [0.5, 0.6) is 0 Å². The fraction of sp³-hybridized carbons (Fsp3) is 1.00. The van der Waals surface area contributed by atoms with Gasteiger partial charge in [0.05, 0.1) is 20.6 Å². The summed E-state index contributed by atoms with van der Waals surface area (Å²) < 4.78 is 0.958. The molecule has 0 aliphatic carbocycles. The number of nitrogens with zero attached hydrogens (tertiary/aromatic N) is 1. The second kappa shape index (κ2) is 16.9. The zero-order valence-corrected chi connectivity index (χ0v) is 16.3. The quantitative estimate of drug-likeness (QED) is 0.186. The summed E-state index contributed by atoms with van der Waals surface area (Å²) in [5.41, 5.74) is 0. The lowest BCUT2D eigenvalue weighted by atomic mass is 10.0. The zero-order valence-electron chi connectivity index (χ0n) is 14.8. The number of unbranched alkanes of at least 4 members (excludes halogenated alkanes) is 12. The molecule has 0 heterocycles. The smallest absolute Gasteiger partial charge is 0.154 e. The molecule has 0 aromatic carbocycles. The Morgan fingerprint density at radius 3 is 1.29 bits per heavy atom. The van der Waals surface area contributed by atoms with E-state index in [-0.39, 0.29) is 12.4 Å². The van der Waals surface area contributed by atoms with Crippen molar-refractivity contribution >= 4 is 11.6 Å². The second-order valence-corrected chi connectivity index (χ2v) is 7.26. The Hall–Kier alpha value is 0.540. The van der Waals surface area contributed by atoms with E-state index in [1.807, 2.05) is 0 Å². The Morgan fingerprint density at radius 1 is 0.619 bits per heavy atom. The SMILES string of the molecule is CCCCCCCCCCCCCCC[N+](C)(C)CCl.[Cl-]. The van der Waals surface area contributed by atoms with Crippen LogP contribution in [0.2, 0.25) is 0 Å². The normalized spacial score (nSPS) is 11.4. The molecule has 21 heavy (non-hydrogen) atoms. The summed E-state index contributed by atoms with van der Waals surface area (Å²) in [6.07, 6.45) is 18.6. The van der Waals surface area contributed by atoms with E-state index in [9.17, 15) is 0 Å². The maximum atomic E-state index is 5.92. The van der Waals surface area contributed by atoms with E-state index in [1.165, 1.54) is 90.0 Å². The van der Waals surface area contributed by atoms with Crippen molar-refractivity contribution in [2.45, 2.75) is 90.4 Å². The van der Waals surface area contributed by atoms with Crippen molar-refractivity contribution in [2.24, 2.45) is 0 Å². The van der Waals surface area contributed by atoms with Gasteiger partial charge in [-0.15, -0.1) is 0 Å². The van der Waals surface area contributed by atoms with Gasteiger partial charge in [-0.05, 0) is 12.8 Å². The topological polar surface area (TPSA) is 0 Å². The Labute approximate surface area is 145 Å². The summed E-state index contributed by atoms with van der Waals surface area (Å²) in [4.78, 5) is 0. The molecule has 0 amide bonds. The standard InChI is InChI=1S/C18H39ClN.ClH/c1-4-5-6-7-8-9-10-11-12-13-14-15-16-17-20(2,3)18-19;/h4-18H2,1-3H3;1H/q+1;/p-1. The van der Waals surface area contributed by atoms with Crippen LogP contribution in [-0.2, 0) is 0 Å². The van der Waals surface area contributed by atoms with Crippen molar-refractivity contribution < 1.29 is 16.9 Å². The van der Waals surface area contributed by atoms with Crippen molar-refractivity contribution in [1.29, 1.82) is 0 Å². The maximum Gasteiger partial charge on any atom is 0.154 e. The lowest BCUT2D eigenvalue weighted by Crippen LogP contribution is -3.00. The van der Waals surface area contributed by atoms with Crippen molar-refractivity contribution in [2.75, 3.05) is 26.6 Å². The number of hydrogen-bond donors (Lipinski definition) is 0. The van der Waals surface area contributed by atoms with Gasteiger partial charge in [0.15, 0.2) is 6.00 Å². The predicted octanol–water partition coefficient (Wildman–Crippen LogP) is 3.35. The van der Waals surface area contributed by atoms with Crippen LogP contribution in [0.3, 0.4) is 0 Å². The van der Waals surface area contributed by atoms with E-state index >= 15 is 0 Å². The minimum atomic E-state index is 0. The highest BCUT2D eigenvalue weighted by atomic mass is 35.5. The van der Waals surface area contributed by atoms with Crippen LogP contribution >= 0.6 is 11.6 Å². The average molecular weight is 340 g/mol. The lowest BCUT2D eigenvalue weighted by Gasteiger charge is -2.26. The first kappa shape index (κ1) is 23.8. The highest BCUT2D eigenvalue weighted by molar-refractivity contribution is 6.16. The molecule has 3 heteroatoms. The second-order valence-electron chi connectivity index (χ2n) is 7.02. The van der Waals surface area contributed by atoms with Crippen LogP contribution in [0.15, 0.2) is 0 Å². The highest BCUT2D eigenvalue weighted by Crippen LogP contribution is 2.13. The van der Waals surface area contributed by atoms with E-state index in [4.69, 9.17) is 11.6 Å². The fourth-order valence-electron chi connectivity index (χ4n) is 2.62. The summed E-state index contributed by atoms with van der Waals surface area (Å²) in [5, 5.41) is 0. The molecule has 0 rings (SSSR count). The van der Waals surface area contributed by atoms with Gasteiger partial charge in [0.1, 0.15) is 0 Å². The van der Waals surface area contributed by atoms with Gasteiger partial charge in [0, 0.05) is 0 Å². The van der Waals surface area contributed by atoms with E-state index in [2.05, 4.69) is 21.0 Å². The van der Waals surface area contributed by atoms with Gasteiger partial charge in [0.25, 0.3) is 0 Å². The van der Waals surface area contributed by atoms with Crippen molar-refractivity contribution in [3.8, 4) is 0 Å². The molecule has 0 saturated heterocycles. The van der Waals surface area contributed by atoms with Crippen molar-refractivity contribution in [3.05, 3.63) is 0 Å². The minimum absolute atomic E-state index is 0. The third-order valence-corrected chi connectivity index (χ3v) is 4.84. The molecular formula is C18H39Cl2N. The Morgan fingerprint density at radius 2 is 0.952 bits per heavy atom. The molecule has 0 bridgehead atoms. The predicted molar refractivity (Wildman–Crippen MR) is 93.4 cm³/mol. The molecule has 0 aromatic rings. The van der Waals surface area contributed by atoms with Crippen molar-refractivity contribution in [3.63, 3.8) is 0 Å². The molecule has 0 fully saturated rings. The Bertz CT molecular complexity index is 196. The fourth-order valence-corrected chi connectivity index (χ4v) is 2.74. The molecule has 0 aliphatic heterocycles. The molecule has 0 aromatic heterocycles.